The van der Waals surface area contributed by atoms with Gasteiger partial charge in [0.25, 0.3) is 0 Å². The van der Waals surface area contributed by atoms with Crippen LogP contribution in [0.25, 0.3) is 0 Å². The predicted octanol–water partition coefficient (Wildman–Crippen LogP) is 3.19. The maximum atomic E-state index is 12.9. The predicted molar refractivity (Wildman–Crippen MR) is 75.0 cm³/mol. The smallest absolute Gasteiger partial charge is 0.126 e. The van der Waals surface area contributed by atoms with Crippen LogP contribution in [0.5, 0.6) is 5.75 Å². The fourth-order valence-corrected chi connectivity index (χ4v) is 2.58. The Balaban J connectivity index is 1.88. The van der Waals surface area contributed by atoms with Crippen molar-refractivity contribution in [2.45, 2.75) is 26.3 Å². The first-order valence-corrected chi connectivity index (χ1v) is 7.07. The molecule has 0 spiro atoms. The minimum absolute atomic E-state index is 0.00972. The molecule has 19 heavy (non-hydrogen) atoms. The van der Waals surface area contributed by atoms with Crippen LogP contribution in [0.3, 0.4) is 0 Å². The lowest BCUT2D eigenvalue weighted by Gasteiger charge is -2.15. The SMILES string of the molecule is Cc1nc(CCNC(C)c2ccc(F)cc2O)cs1. The first-order valence-electron chi connectivity index (χ1n) is 6.19. The number of aryl methyl sites for hydroxylation is 1. The molecule has 1 unspecified atom stereocenters. The molecule has 1 aromatic carbocycles. The molecule has 0 aliphatic carbocycles. The van der Waals surface area contributed by atoms with Gasteiger partial charge < -0.3 is 10.4 Å². The number of aromatic hydroxyl groups is 1. The van der Waals surface area contributed by atoms with E-state index < -0.39 is 5.82 Å². The van der Waals surface area contributed by atoms with Crippen LogP contribution in [0.1, 0.15) is 29.2 Å². The number of phenols is 1. The van der Waals surface area contributed by atoms with E-state index in [1.807, 2.05) is 13.8 Å². The van der Waals surface area contributed by atoms with Gasteiger partial charge in [-0.3, -0.25) is 0 Å². The van der Waals surface area contributed by atoms with Crippen LogP contribution < -0.4 is 5.32 Å². The van der Waals surface area contributed by atoms with Crippen LogP contribution in [-0.2, 0) is 6.42 Å². The zero-order valence-electron chi connectivity index (χ0n) is 11.0. The number of aromatic nitrogens is 1. The molecule has 2 N–H and O–H groups in total. The average Bonchev–Trinajstić information content (AvgIpc) is 2.75. The van der Waals surface area contributed by atoms with Crippen molar-refractivity contribution in [3.05, 3.63) is 45.7 Å². The lowest BCUT2D eigenvalue weighted by atomic mass is 10.1. The second kappa shape index (κ2) is 6.12. The molecule has 5 heteroatoms. The van der Waals surface area contributed by atoms with Crippen molar-refractivity contribution in [3.8, 4) is 5.75 Å². The highest BCUT2D eigenvalue weighted by molar-refractivity contribution is 7.09. The van der Waals surface area contributed by atoms with Gasteiger partial charge in [-0.25, -0.2) is 9.37 Å². The number of thiazole rings is 1. The number of nitrogens with one attached hydrogen (secondary N) is 1. The van der Waals surface area contributed by atoms with E-state index in [0.29, 0.717) is 5.56 Å². The summed E-state index contributed by atoms with van der Waals surface area (Å²) < 4.78 is 12.9. The first-order chi connectivity index (χ1) is 9.06. The van der Waals surface area contributed by atoms with E-state index in [1.165, 1.54) is 6.07 Å². The molecular formula is C14H17FN2OS. The second-order valence-corrected chi connectivity index (χ2v) is 5.55. The van der Waals surface area contributed by atoms with E-state index in [9.17, 15) is 9.50 Å². The van der Waals surface area contributed by atoms with Crippen LogP contribution in [0.2, 0.25) is 0 Å². The summed E-state index contributed by atoms with van der Waals surface area (Å²) in [6.07, 6.45) is 0.844. The summed E-state index contributed by atoms with van der Waals surface area (Å²) in [5, 5.41) is 16.1. The standard InChI is InChI=1S/C14H17FN2OS/c1-9(13-4-3-11(15)7-14(13)18)16-6-5-12-8-19-10(2)17-12/h3-4,7-9,16,18H,5-6H2,1-2H3. The Bertz CT molecular complexity index is 556. The van der Waals surface area contributed by atoms with Gasteiger partial charge in [0.1, 0.15) is 11.6 Å². The van der Waals surface area contributed by atoms with Crippen molar-refractivity contribution in [2.24, 2.45) is 0 Å². The maximum absolute atomic E-state index is 12.9. The maximum Gasteiger partial charge on any atom is 0.126 e. The molecule has 102 valence electrons. The average molecular weight is 280 g/mol. The van der Waals surface area contributed by atoms with Gasteiger partial charge >= 0.3 is 0 Å². The summed E-state index contributed by atoms with van der Waals surface area (Å²) in [7, 11) is 0. The van der Waals surface area contributed by atoms with Crippen molar-refractivity contribution in [1.29, 1.82) is 0 Å². The van der Waals surface area contributed by atoms with Gasteiger partial charge in [-0.15, -0.1) is 11.3 Å². The molecule has 0 aliphatic heterocycles. The van der Waals surface area contributed by atoms with Crippen LogP contribution in [0, 0.1) is 12.7 Å². The molecule has 2 aromatic rings. The summed E-state index contributed by atoms with van der Waals surface area (Å²) in [4.78, 5) is 4.39. The molecule has 0 bridgehead atoms. The molecule has 0 saturated carbocycles. The Morgan fingerprint density at radius 2 is 2.26 bits per heavy atom. The van der Waals surface area contributed by atoms with Crippen molar-refractivity contribution in [2.75, 3.05) is 6.54 Å². The number of benzene rings is 1. The molecule has 1 aromatic heterocycles. The van der Waals surface area contributed by atoms with E-state index >= 15 is 0 Å². The number of rotatable bonds is 5. The fourth-order valence-electron chi connectivity index (χ4n) is 1.93. The van der Waals surface area contributed by atoms with E-state index in [1.54, 1.807) is 17.4 Å². The molecule has 0 radical (unpaired) electrons. The van der Waals surface area contributed by atoms with Crippen molar-refractivity contribution < 1.29 is 9.50 Å². The zero-order chi connectivity index (χ0) is 13.8. The van der Waals surface area contributed by atoms with Crippen molar-refractivity contribution >= 4 is 11.3 Å². The van der Waals surface area contributed by atoms with E-state index in [4.69, 9.17) is 0 Å². The summed E-state index contributed by atoms with van der Waals surface area (Å²) >= 11 is 1.64. The third-order valence-corrected chi connectivity index (χ3v) is 3.78. The molecule has 0 fully saturated rings. The molecule has 0 saturated heterocycles. The number of nitrogens with zero attached hydrogens (tertiary/aromatic N) is 1. The van der Waals surface area contributed by atoms with Crippen molar-refractivity contribution in [1.82, 2.24) is 10.3 Å². The van der Waals surface area contributed by atoms with Gasteiger partial charge in [-0.1, -0.05) is 6.07 Å². The summed E-state index contributed by atoms with van der Waals surface area (Å²) in [5.41, 5.74) is 1.78. The molecule has 1 atom stereocenters. The van der Waals surface area contributed by atoms with Crippen LogP contribution in [0.15, 0.2) is 23.6 Å². The fraction of sp³-hybridized carbons (Fsp3) is 0.357. The number of hydrogen-bond acceptors (Lipinski definition) is 4. The highest BCUT2D eigenvalue weighted by atomic mass is 32.1. The molecule has 3 nitrogen and oxygen atoms in total. The summed E-state index contributed by atoms with van der Waals surface area (Å²) in [6, 6.07) is 4.07. The monoisotopic (exact) mass is 280 g/mol. The first kappa shape index (κ1) is 14.0. The van der Waals surface area contributed by atoms with Crippen LogP contribution in [0.4, 0.5) is 4.39 Å². The quantitative estimate of drug-likeness (QED) is 0.884. The Labute approximate surface area is 116 Å². The second-order valence-electron chi connectivity index (χ2n) is 4.49. The Morgan fingerprint density at radius 1 is 1.47 bits per heavy atom. The Kier molecular flexibility index (Phi) is 4.50. The minimum Gasteiger partial charge on any atom is -0.508 e. The van der Waals surface area contributed by atoms with E-state index in [-0.39, 0.29) is 11.8 Å². The summed E-state index contributed by atoms with van der Waals surface area (Å²) in [5.74, 6) is -0.434. The van der Waals surface area contributed by atoms with E-state index in [2.05, 4.69) is 15.7 Å². The Morgan fingerprint density at radius 3 is 2.89 bits per heavy atom. The van der Waals surface area contributed by atoms with Gasteiger partial charge in [0.15, 0.2) is 0 Å². The highest BCUT2D eigenvalue weighted by Gasteiger charge is 2.10. The van der Waals surface area contributed by atoms with Gasteiger partial charge in [0.2, 0.25) is 0 Å². The van der Waals surface area contributed by atoms with Gasteiger partial charge in [0, 0.05) is 36.0 Å². The van der Waals surface area contributed by atoms with Crippen molar-refractivity contribution in [3.63, 3.8) is 0 Å². The van der Waals surface area contributed by atoms with Crippen LogP contribution >= 0.6 is 11.3 Å². The summed E-state index contributed by atoms with van der Waals surface area (Å²) in [6.45, 7) is 4.70. The lowest BCUT2D eigenvalue weighted by Crippen LogP contribution is -2.21. The highest BCUT2D eigenvalue weighted by Crippen LogP contribution is 2.24. The molecule has 1 heterocycles. The third-order valence-electron chi connectivity index (χ3n) is 2.96. The number of hydrogen-bond donors (Lipinski definition) is 2. The van der Waals surface area contributed by atoms with Gasteiger partial charge in [-0.2, -0.15) is 0 Å². The van der Waals surface area contributed by atoms with E-state index in [0.717, 1.165) is 29.7 Å². The number of phenolic OH excluding ortho intramolecular Hbond substituents is 1. The van der Waals surface area contributed by atoms with Crippen LogP contribution in [-0.4, -0.2) is 16.6 Å². The van der Waals surface area contributed by atoms with Gasteiger partial charge in [0.05, 0.1) is 10.7 Å². The molecular weight excluding hydrogens is 263 g/mol. The normalized spacial score (nSPS) is 12.6. The lowest BCUT2D eigenvalue weighted by molar-refractivity contribution is 0.447. The zero-order valence-corrected chi connectivity index (χ0v) is 11.8. The topological polar surface area (TPSA) is 45.2 Å². The Hall–Kier alpha value is -1.46. The number of halogens is 1. The molecule has 2 rings (SSSR count). The minimum atomic E-state index is -0.425. The van der Waals surface area contributed by atoms with Gasteiger partial charge in [-0.05, 0) is 19.9 Å². The molecule has 0 amide bonds. The largest absolute Gasteiger partial charge is 0.508 e. The third kappa shape index (κ3) is 3.75. The molecule has 0 aliphatic rings.